The molecule has 0 aliphatic heterocycles. The van der Waals surface area contributed by atoms with Crippen molar-refractivity contribution in [1.29, 1.82) is 0 Å². The van der Waals surface area contributed by atoms with E-state index in [4.69, 9.17) is 18.0 Å². The number of nitrogens with two attached hydrogens (primary N) is 1. The molecule has 0 radical (unpaired) electrons. The topological polar surface area (TPSA) is 38.0 Å². The average molecular weight is 238 g/mol. The second-order valence-corrected chi connectivity index (χ2v) is 4.64. The van der Waals surface area contributed by atoms with Gasteiger partial charge in [0.1, 0.15) is 10.8 Å². The highest BCUT2D eigenvalue weighted by molar-refractivity contribution is 7.80. The summed E-state index contributed by atoms with van der Waals surface area (Å²) in [5.41, 5.74) is 6.56. The van der Waals surface area contributed by atoms with Gasteiger partial charge in [0.2, 0.25) is 0 Å². The Hall–Kier alpha value is -1.16. The van der Waals surface area contributed by atoms with Gasteiger partial charge in [-0.15, -0.1) is 0 Å². The van der Waals surface area contributed by atoms with Crippen LogP contribution in [0.3, 0.4) is 0 Å². The third-order valence-corrected chi connectivity index (χ3v) is 3.27. The molecule has 0 saturated heterocycles. The zero-order valence-corrected chi connectivity index (χ0v) is 9.82. The molecule has 2 rings (SSSR count). The van der Waals surface area contributed by atoms with Gasteiger partial charge in [-0.25, -0.2) is 4.39 Å². The number of anilines is 1. The molecule has 0 amide bonds. The van der Waals surface area contributed by atoms with Crippen molar-refractivity contribution in [2.24, 2.45) is 11.7 Å². The quantitative estimate of drug-likeness (QED) is 0.792. The number of hydrogen-bond acceptors (Lipinski definition) is 2. The van der Waals surface area contributed by atoms with Gasteiger partial charge >= 0.3 is 0 Å². The number of nitrogens with one attached hydrogen (secondary N) is 1. The molecule has 16 heavy (non-hydrogen) atoms. The highest BCUT2D eigenvalue weighted by atomic mass is 32.1. The summed E-state index contributed by atoms with van der Waals surface area (Å²) in [6.07, 6.45) is 3.81. The molecule has 1 saturated carbocycles. The van der Waals surface area contributed by atoms with Gasteiger partial charge in [0.05, 0.1) is 5.56 Å². The van der Waals surface area contributed by atoms with Crippen molar-refractivity contribution in [1.82, 2.24) is 0 Å². The zero-order valence-electron chi connectivity index (χ0n) is 9.00. The summed E-state index contributed by atoms with van der Waals surface area (Å²) >= 11 is 4.86. The van der Waals surface area contributed by atoms with Crippen LogP contribution in [-0.4, -0.2) is 11.5 Å². The lowest BCUT2D eigenvalue weighted by Gasteiger charge is -2.26. The van der Waals surface area contributed by atoms with E-state index in [1.54, 1.807) is 6.07 Å². The van der Waals surface area contributed by atoms with Crippen molar-refractivity contribution < 1.29 is 4.39 Å². The fraction of sp³-hybridized carbons (Fsp3) is 0.417. The summed E-state index contributed by atoms with van der Waals surface area (Å²) < 4.78 is 13.5. The Bertz CT molecular complexity index is 402. The van der Waals surface area contributed by atoms with Gasteiger partial charge < -0.3 is 11.1 Å². The van der Waals surface area contributed by atoms with Crippen LogP contribution in [-0.2, 0) is 0 Å². The third-order valence-electron chi connectivity index (χ3n) is 3.07. The highest BCUT2D eigenvalue weighted by Crippen LogP contribution is 2.27. The average Bonchev–Trinajstić information content (AvgIpc) is 2.14. The summed E-state index contributed by atoms with van der Waals surface area (Å²) in [6.45, 7) is 0.874. The fourth-order valence-corrected chi connectivity index (χ4v) is 2.08. The molecule has 1 aromatic carbocycles. The molecule has 0 spiro atoms. The van der Waals surface area contributed by atoms with E-state index in [1.165, 1.54) is 25.3 Å². The van der Waals surface area contributed by atoms with Gasteiger partial charge in [-0.3, -0.25) is 0 Å². The lowest BCUT2D eigenvalue weighted by molar-refractivity contribution is 0.333. The van der Waals surface area contributed by atoms with Gasteiger partial charge in [-0.1, -0.05) is 24.7 Å². The Morgan fingerprint density at radius 3 is 2.81 bits per heavy atom. The number of rotatable bonds is 4. The molecule has 1 aromatic rings. The van der Waals surface area contributed by atoms with Crippen molar-refractivity contribution in [2.75, 3.05) is 11.9 Å². The van der Waals surface area contributed by atoms with Gasteiger partial charge in [-0.2, -0.15) is 0 Å². The maximum atomic E-state index is 13.5. The standard InChI is InChI=1S/C12H15FN2S/c13-9-5-2-6-10(11(9)12(14)16)15-7-8-3-1-4-8/h2,5-6,8,15H,1,3-4,7H2,(H2,14,16). The molecule has 0 atom stereocenters. The Morgan fingerprint density at radius 1 is 1.50 bits per heavy atom. The van der Waals surface area contributed by atoms with E-state index in [2.05, 4.69) is 5.32 Å². The number of thiocarbonyl (C=S) groups is 1. The van der Waals surface area contributed by atoms with Crippen molar-refractivity contribution >= 4 is 22.9 Å². The van der Waals surface area contributed by atoms with E-state index in [-0.39, 0.29) is 10.8 Å². The maximum absolute atomic E-state index is 13.5. The van der Waals surface area contributed by atoms with E-state index in [0.717, 1.165) is 6.54 Å². The monoisotopic (exact) mass is 238 g/mol. The van der Waals surface area contributed by atoms with Crippen LogP contribution in [0.15, 0.2) is 18.2 Å². The molecule has 0 aromatic heterocycles. The second kappa shape index (κ2) is 4.78. The minimum atomic E-state index is -0.355. The summed E-state index contributed by atoms with van der Waals surface area (Å²) in [5.74, 6) is 0.355. The maximum Gasteiger partial charge on any atom is 0.135 e. The molecule has 0 heterocycles. The van der Waals surface area contributed by atoms with Crippen LogP contribution in [0.1, 0.15) is 24.8 Å². The van der Waals surface area contributed by atoms with E-state index in [1.807, 2.05) is 6.07 Å². The van der Waals surface area contributed by atoms with Crippen molar-refractivity contribution in [3.63, 3.8) is 0 Å². The summed E-state index contributed by atoms with van der Waals surface area (Å²) in [5, 5.41) is 3.23. The Kier molecular flexibility index (Phi) is 3.39. The minimum absolute atomic E-state index is 0.106. The number of hydrogen-bond donors (Lipinski definition) is 2. The number of benzene rings is 1. The van der Waals surface area contributed by atoms with Gasteiger partial charge in [0.15, 0.2) is 0 Å². The van der Waals surface area contributed by atoms with Crippen molar-refractivity contribution in [3.05, 3.63) is 29.6 Å². The first-order valence-electron chi connectivity index (χ1n) is 5.50. The van der Waals surface area contributed by atoms with Crippen molar-refractivity contribution in [2.45, 2.75) is 19.3 Å². The van der Waals surface area contributed by atoms with Crippen LogP contribution in [0.25, 0.3) is 0 Å². The first-order chi connectivity index (χ1) is 7.68. The van der Waals surface area contributed by atoms with E-state index in [9.17, 15) is 4.39 Å². The SMILES string of the molecule is NC(=S)c1c(F)cccc1NCC1CCC1. The van der Waals surface area contributed by atoms with Gasteiger partial charge in [-0.05, 0) is 30.9 Å². The molecular weight excluding hydrogens is 223 g/mol. The molecule has 2 nitrogen and oxygen atoms in total. The van der Waals surface area contributed by atoms with E-state index >= 15 is 0 Å². The summed E-state index contributed by atoms with van der Waals surface area (Å²) in [4.78, 5) is 0.106. The lowest BCUT2D eigenvalue weighted by atomic mass is 9.85. The number of halogens is 1. The Morgan fingerprint density at radius 2 is 2.25 bits per heavy atom. The normalized spacial score (nSPS) is 15.6. The predicted octanol–water partition coefficient (Wildman–Crippen LogP) is 2.67. The van der Waals surface area contributed by atoms with Gasteiger partial charge in [0.25, 0.3) is 0 Å². The smallest absolute Gasteiger partial charge is 0.135 e. The zero-order chi connectivity index (χ0) is 11.5. The van der Waals surface area contributed by atoms with Gasteiger partial charge in [0, 0.05) is 12.2 Å². The van der Waals surface area contributed by atoms with Crippen LogP contribution >= 0.6 is 12.2 Å². The predicted molar refractivity (Wildman–Crippen MR) is 68.1 cm³/mol. The lowest BCUT2D eigenvalue weighted by Crippen LogP contribution is -2.23. The van der Waals surface area contributed by atoms with Crippen LogP contribution in [0.2, 0.25) is 0 Å². The largest absolute Gasteiger partial charge is 0.389 e. The van der Waals surface area contributed by atoms with E-state index < -0.39 is 0 Å². The molecular formula is C12H15FN2S. The fourth-order valence-electron chi connectivity index (χ4n) is 1.87. The molecule has 4 heteroatoms. The Balaban J connectivity index is 2.12. The molecule has 86 valence electrons. The van der Waals surface area contributed by atoms with E-state index in [0.29, 0.717) is 17.2 Å². The first-order valence-corrected chi connectivity index (χ1v) is 5.91. The minimum Gasteiger partial charge on any atom is -0.389 e. The molecule has 1 fully saturated rings. The third kappa shape index (κ3) is 2.32. The summed E-state index contributed by atoms with van der Waals surface area (Å²) in [7, 11) is 0. The Labute approximate surface area is 100 Å². The molecule has 0 unspecified atom stereocenters. The molecule has 0 bridgehead atoms. The summed E-state index contributed by atoms with van der Waals surface area (Å²) in [6, 6.07) is 4.86. The molecule has 3 N–H and O–H groups in total. The molecule has 1 aliphatic rings. The van der Waals surface area contributed by atoms with Crippen molar-refractivity contribution in [3.8, 4) is 0 Å². The second-order valence-electron chi connectivity index (χ2n) is 4.20. The first kappa shape index (κ1) is 11.3. The molecule has 1 aliphatic carbocycles. The highest BCUT2D eigenvalue weighted by Gasteiger charge is 2.18. The van der Waals surface area contributed by atoms with Crippen LogP contribution in [0.4, 0.5) is 10.1 Å². The van der Waals surface area contributed by atoms with Crippen LogP contribution in [0.5, 0.6) is 0 Å². The van der Waals surface area contributed by atoms with Crippen LogP contribution < -0.4 is 11.1 Å². The van der Waals surface area contributed by atoms with Crippen LogP contribution in [0, 0.1) is 11.7 Å².